The predicted octanol–water partition coefficient (Wildman–Crippen LogP) is 5.54. The summed E-state index contributed by atoms with van der Waals surface area (Å²) in [6.45, 7) is 8.75. The Bertz CT molecular complexity index is 1040. The molecule has 0 radical (unpaired) electrons. The molecule has 176 valence electrons. The van der Waals surface area contributed by atoms with E-state index in [1.807, 2.05) is 37.3 Å². The Kier molecular flexibility index (Phi) is 7.75. The summed E-state index contributed by atoms with van der Waals surface area (Å²) in [5.41, 5.74) is 2.05. The highest BCUT2D eigenvalue weighted by molar-refractivity contribution is 8.00. The summed E-state index contributed by atoms with van der Waals surface area (Å²) in [5, 5.41) is 12.5. The highest BCUT2D eigenvalue weighted by Crippen LogP contribution is 2.30. The molecule has 1 saturated heterocycles. The van der Waals surface area contributed by atoms with Gasteiger partial charge in [-0.25, -0.2) is 0 Å². The number of carbonyl (C=O) groups excluding carboxylic acids is 1. The number of amides is 1. The minimum Gasteiger partial charge on any atom is -0.467 e. The molecule has 1 aliphatic rings. The number of anilines is 2. The van der Waals surface area contributed by atoms with Crippen LogP contribution in [0.5, 0.6) is 0 Å². The molecule has 1 N–H and O–H groups in total. The number of rotatable bonds is 9. The predicted molar refractivity (Wildman–Crippen MR) is 133 cm³/mol. The Morgan fingerprint density at radius 3 is 2.64 bits per heavy atom. The number of piperidine rings is 1. The van der Waals surface area contributed by atoms with E-state index in [2.05, 4.69) is 44.9 Å². The molecule has 0 saturated carbocycles. The molecule has 0 spiro atoms. The third-order valence-electron chi connectivity index (χ3n) is 6.24. The second kappa shape index (κ2) is 10.9. The van der Waals surface area contributed by atoms with Crippen molar-refractivity contribution in [2.45, 2.75) is 69.3 Å². The lowest BCUT2D eigenvalue weighted by molar-refractivity contribution is -0.115. The third kappa shape index (κ3) is 5.61. The first-order chi connectivity index (χ1) is 16.1. The number of nitrogens with one attached hydrogen (secondary N) is 1. The molecule has 4 rings (SSSR count). The summed E-state index contributed by atoms with van der Waals surface area (Å²) in [6, 6.07) is 11.9. The Balaban J connectivity index is 1.52. The molecule has 7 nitrogen and oxygen atoms in total. The van der Waals surface area contributed by atoms with Crippen LogP contribution in [-0.2, 0) is 11.3 Å². The number of para-hydroxylation sites is 1. The summed E-state index contributed by atoms with van der Waals surface area (Å²) in [7, 11) is 0. The Morgan fingerprint density at radius 2 is 1.91 bits per heavy atom. The van der Waals surface area contributed by atoms with Crippen LogP contribution >= 0.6 is 11.8 Å². The molecule has 2 atom stereocenters. The van der Waals surface area contributed by atoms with Crippen molar-refractivity contribution in [3.05, 3.63) is 54.0 Å². The number of hydrogen-bond donors (Lipinski definition) is 1. The first-order valence-electron chi connectivity index (χ1n) is 11.8. The second-order valence-corrected chi connectivity index (χ2v) is 9.95. The van der Waals surface area contributed by atoms with Crippen LogP contribution in [-0.4, -0.2) is 39.0 Å². The normalized spacial score (nSPS) is 15.9. The molecule has 8 heteroatoms. The van der Waals surface area contributed by atoms with Crippen molar-refractivity contribution in [2.75, 3.05) is 23.3 Å². The van der Waals surface area contributed by atoms with Gasteiger partial charge >= 0.3 is 0 Å². The smallest absolute Gasteiger partial charge is 0.237 e. The number of carbonyl (C=O) groups is 1. The van der Waals surface area contributed by atoms with Gasteiger partial charge in [0.15, 0.2) is 5.16 Å². The summed E-state index contributed by atoms with van der Waals surface area (Å²) < 4.78 is 7.67. The topological polar surface area (TPSA) is 76.2 Å². The maximum Gasteiger partial charge on any atom is 0.237 e. The van der Waals surface area contributed by atoms with Crippen molar-refractivity contribution in [3.63, 3.8) is 0 Å². The molecule has 1 aromatic carbocycles. The zero-order valence-corrected chi connectivity index (χ0v) is 20.5. The lowest BCUT2D eigenvalue weighted by atomic mass is 9.97. The average Bonchev–Trinajstić information content (AvgIpc) is 3.50. The lowest BCUT2D eigenvalue weighted by Crippen LogP contribution is -2.32. The molecule has 2 aromatic heterocycles. The van der Waals surface area contributed by atoms with E-state index in [0.717, 1.165) is 54.9 Å². The van der Waals surface area contributed by atoms with E-state index in [1.165, 1.54) is 23.7 Å². The standard InChI is InChI=1S/C25H33N5O2S/c1-4-18(2)21-12-6-7-13-22(21)26-23(31)19(3)33-25-28-27-24(29-14-8-5-9-15-29)30(25)17-20-11-10-16-32-20/h6-7,10-13,16,18-19H,4-5,8-9,14-15,17H2,1-3H3,(H,26,31). The molecular weight excluding hydrogens is 434 g/mol. The minimum absolute atomic E-state index is 0.0391. The van der Waals surface area contributed by atoms with Crippen LogP contribution in [0, 0.1) is 0 Å². The Morgan fingerprint density at radius 1 is 1.12 bits per heavy atom. The highest BCUT2D eigenvalue weighted by Gasteiger charge is 2.25. The Labute approximate surface area is 199 Å². The van der Waals surface area contributed by atoms with Crippen LogP contribution in [0.25, 0.3) is 0 Å². The van der Waals surface area contributed by atoms with E-state index < -0.39 is 0 Å². The fourth-order valence-corrected chi connectivity index (χ4v) is 4.94. The first-order valence-corrected chi connectivity index (χ1v) is 12.7. The van der Waals surface area contributed by atoms with Gasteiger partial charge in [0.1, 0.15) is 5.76 Å². The van der Waals surface area contributed by atoms with Gasteiger partial charge in [0.25, 0.3) is 0 Å². The molecule has 33 heavy (non-hydrogen) atoms. The highest BCUT2D eigenvalue weighted by atomic mass is 32.2. The quantitative estimate of drug-likeness (QED) is 0.416. The van der Waals surface area contributed by atoms with E-state index in [1.54, 1.807) is 6.26 Å². The molecule has 0 aliphatic carbocycles. The number of nitrogens with zero attached hydrogens (tertiary/aromatic N) is 4. The van der Waals surface area contributed by atoms with Gasteiger partial charge in [-0.2, -0.15) is 0 Å². The average molecular weight is 468 g/mol. The fraction of sp³-hybridized carbons (Fsp3) is 0.480. The summed E-state index contributed by atoms with van der Waals surface area (Å²) in [4.78, 5) is 15.4. The fourth-order valence-electron chi connectivity index (χ4n) is 4.10. The van der Waals surface area contributed by atoms with Crippen molar-refractivity contribution in [1.82, 2.24) is 14.8 Å². The summed E-state index contributed by atoms with van der Waals surface area (Å²) in [6.07, 6.45) is 6.26. The Hall–Kier alpha value is -2.74. The van der Waals surface area contributed by atoms with Gasteiger partial charge in [-0.05, 0) is 62.3 Å². The van der Waals surface area contributed by atoms with Crippen molar-refractivity contribution >= 4 is 29.3 Å². The molecule has 0 bridgehead atoms. The zero-order chi connectivity index (χ0) is 23.2. The number of hydrogen-bond acceptors (Lipinski definition) is 6. The second-order valence-electron chi connectivity index (χ2n) is 8.64. The lowest BCUT2D eigenvalue weighted by Gasteiger charge is -2.27. The monoisotopic (exact) mass is 467 g/mol. The van der Waals surface area contributed by atoms with E-state index in [9.17, 15) is 4.79 Å². The number of furan rings is 1. The minimum atomic E-state index is -0.330. The van der Waals surface area contributed by atoms with Crippen LogP contribution < -0.4 is 10.2 Å². The van der Waals surface area contributed by atoms with Crippen molar-refractivity contribution < 1.29 is 9.21 Å². The molecule has 1 aliphatic heterocycles. The number of aromatic nitrogens is 3. The number of thioether (sulfide) groups is 1. The van der Waals surface area contributed by atoms with E-state index in [-0.39, 0.29) is 11.2 Å². The maximum atomic E-state index is 13.1. The van der Waals surface area contributed by atoms with Crippen LogP contribution in [0.3, 0.4) is 0 Å². The van der Waals surface area contributed by atoms with Gasteiger partial charge in [-0.15, -0.1) is 10.2 Å². The zero-order valence-electron chi connectivity index (χ0n) is 19.7. The van der Waals surface area contributed by atoms with Crippen LogP contribution in [0.15, 0.2) is 52.2 Å². The summed E-state index contributed by atoms with van der Waals surface area (Å²) in [5.74, 6) is 2.04. The molecular formula is C25H33N5O2S. The van der Waals surface area contributed by atoms with Crippen molar-refractivity contribution in [1.29, 1.82) is 0 Å². The van der Waals surface area contributed by atoms with Gasteiger partial charge in [0.2, 0.25) is 11.9 Å². The van der Waals surface area contributed by atoms with E-state index in [4.69, 9.17) is 4.42 Å². The van der Waals surface area contributed by atoms with Crippen LogP contribution in [0.4, 0.5) is 11.6 Å². The van der Waals surface area contributed by atoms with Gasteiger partial charge < -0.3 is 14.6 Å². The molecule has 2 unspecified atom stereocenters. The van der Waals surface area contributed by atoms with Gasteiger partial charge in [-0.3, -0.25) is 9.36 Å². The van der Waals surface area contributed by atoms with Crippen molar-refractivity contribution in [2.24, 2.45) is 0 Å². The van der Waals surface area contributed by atoms with Gasteiger partial charge in [0, 0.05) is 18.8 Å². The number of benzene rings is 1. The van der Waals surface area contributed by atoms with E-state index >= 15 is 0 Å². The van der Waals surface area contributed by atoms with E-state index in [0.29, 0.717) is 12.5 Å². The summed E-state index contributed by atoms with van der Waals surface area (Å²) >= 11 is 1.43. The van der Waals surface area contributed by atoms with Crippen LogP contribution in [0.2, 0.25) is 0 Å². The third-order valence-corrected chi connectivity index (χ3v) is 7.32. The van der Waals surface area contributed by atoms with Gasteiger partial charge in [0.05, 0.1) is 18.1 Å². The SMILES string of the molecule is CCC(C)c1ccccc1NC(=O)C(C)Sc1nnc(N2CCCCC2)n1Cc1ccco1. The molecule has 1 amide bonds. The molecule has 3 aromatic rings. The maximum absolute atomic E-state index is 13.1. The molecule has 1 fully saturated rings. The largest absolute Gasteiger partial charge is 0.467 e. The molecule has 3 heterocycles. The first kappa shape index (κ1) is 23.4. The van der Waals surface area contributed by atoms with Crippen LogP contribution in [0.1, 0.15) is 63.7 Å². The van der Waals surface area contributed by atoms with Crippen molar-refractivity contribution in [3.8, 4) is 0 Å². The van der Waals surface area contributed by atoms with Gasteiger partial charge in [-0.1, -0.05) is 43.8 Å².